The molecule has 2 rings (SSSR count). The molecule has 3 nitrogen and oxygen atoms in total. The highest BCUT2D eigenvalue weighted by Crippen LogP contribution is 2.24. The average molecular weight is 274 g/mol. The molecule has 0 aliphatic carbocycles. The molecule has 2 aromatic carbocycles. The summed E-state index contributed by atoms with van der Waals surface area (Å²) in [5, 5.41) is 7.89. The van der Waals surface area contributed by atoms with Crippen LogP contribution in [0.1, 0.15) is 5.56 Å². The van der Waals surface area contributed by atoms with Crippen molar-refractivity contribution in [2.75, 3.05) is 19.8 Å². The minimum absolute atomic E-state index is 0.134. The summed E-state index contributed by atoms with van der Waals surface area (Å²) in [5.41, 5.74) is 1.27. The maximum Gasteiger partial charge on any atom is 0.314 e. The van der Waals surface area contributed by atoms with E-state index in [0.29, 0.717) is 6.54 Å². The summed E-state index contributed by atoms with van der Waals surface area (Å²) >= 11 is 1.74. The van der Waals surface area contributed by atoms with E-state index in [4.69, 9.17) is 0 Å². The van der Waals surface area contributed by atoms with Crippen LogP contribution >= 0.6 is 11.8 Å². The van der Waals surface area contributed by atoms with E-state index in [0.717, 1.165) is 6.42 Å². The van der Waals surface area contributed by atoms with Crippen molar-refractivity contribution in [1.29, 1.82) is 0 Å². The maximum absolute atomic E-state index is 11.1. The Bertz CT molecular complexity index is 583. The number of thioether (sulfide) groups is 1. The molecule has 0 spiro atoms. The van der Waals surface area contributed by atoms with E-state index >= 15 is 0 Å². The zero-order valence-corrected chi connectivity index (χ0v) is 12.0. The Hall–Kier alpha value is -1.68. The van der Waals surface area contributed by atoms with Gasteiger partial charge in [-0.05, 0) is 41.1 Å². The van der Waals surface area contributed by atoms with Gasteiger partial charge in [0.15, 0.2) is 0 Å². The molecule has 19 heavy (non-hydrogen) atoms. The molecule has 100 valence electrons. The fraction of sp³-hybridized carbons (Fsp3) is 0.267. The lowest BCUT2D eigenvalue weighted by molar-refractivity contribution is 0.243. The molecular weight excluding hydrogens is 256 g/mol. The van der Waals surface area contributed by atoms with E-state index in [9.17, 15) is 4.79 Å². The first-order valence-corrected chi connectivity index (χ1v) is 7.48. The Balaban J connectivity index is 2.19. The van der Waals surface area contributed by atoms with Crippen molar-refractivity contribution in [2.24, 2.45) is 0 Å². The van der Waals surface area contributed by atoms with Gasteiger partial charge in [0.1, 0.15) is 0 Å². The highest BCUT2D eigenvalue weighted by atomic mass is 32.2. The van der Waals surface area contributed by atoms with Crippen molar-refractivity contribution in [3.63, 3.8) is 0 Å². The highest BCUT2D eigenvalue weighted by Gasteiger charge is 2.03. The molecular formula is C15H18N2OS. The third kappa shape index (κ3) is 3.41. The van der Waals surface area contributed by atoms with Gasteiger partial charge in [-0.2, -0.15) is 0 Å². The number of amides is 2. The second kappa shape index (κ2) is 6.48. The minimum atomic E-state index is -0.134. The van der Waals surface area contributed by atoms with Gasteiger partial charge in [-0.3, -0.25) is 0 Å². The molecule has 0 saturated carbocycles. The first kappa shape index (κ1) is 13.7. The minimum Gasteiger partial charge on any atom is -0.341 e. The van der Waals surface area contributed by atoms with Gasteiger partial charge < -0.3 is 10.6 Å². The molecule has 0 radical (unpaired) electrons. The molecule has 2 N–H and O–H groups in total. The van der Waals surface area contributed by atoms with Gasteiger partial charge in [0.05, 0.1) is 0 Å². The highest BCUT2D eigenvalue weighted by molar-refractivity contribution is 7.98. The smallest absolute Gasteiger partial charge is 0.314 e. The SMILES string of the molecule is CNC(=O)NCCc1cccc2ccc(SC)cc12. The molecule has 0 fully saturated rings. The van der Waals surface area contributed by atoms with Crippen LogP contribution in [0.25, 0.3) is 10.8 Å². The molecule has 2 amide bonds. The van der Waals surface area contributed by atoms with Crippen molar-refractivity contribution < 1.29 is 4.79 Å². The van der Waals surface area contributed by atoms with Crippen LogP contribution in [-0.2, 0) is 6.42 Å². The Morgan fingerprint density at radius 3 is 2.84 bits per heavy atom. The fourth-order valence-corrected chi connectivity index (χ4v) is 2.50. The van der Waals surface area contributed by atoms with Crippen LogP contribution in [0, 0.1) is 0 Å². The van der Waals surface area contributed by atoms with Crippen molar-refractivity contribution in [2.45, 2.75) is 11.3 Å². The van der Waals surface area contributed by atoms with Gasteiger partial charge in [-0.15, -0.1) is 11.8 Å². The lowest BCUT2D eigenvalue weighted by atomic mass is 10.0. The zero-order chi connectivity index (χ0) is 13.7. The van der Waals surface area contributed by atoms with Crippen LogP contribution in [0.15, 0.2) is 41.3 Å². The van der Waals surface area contributed by atoms with Crippen LogP contribution in [0.2, 0.25) is 0 Å². The van der Waals surface area contributed by atoms with Crippen LogP contribution < -0.4 is 10.6 Å². The summed E-state index contributed by atoms with van der Waals surface area (Å²) < 4.78 is 0. The average Bonchev–Trinajstić information content (AvgIpc) is 2.46. The Labute approximate surface area is 117 Å². The number of nitrogens with one attached hydrogen (secondary N) is 2. The molecule has 0 saturated heterocycles. The predicted octanol–water partition coefficient (Wildman–Crippen LogP) is 3.03. The summed E-state index contributed by atoms with van der Waals surface area (Å²) in [4.78, 5) is 12.4. The van der Waals surface area contributed by atoms with Crippen molar-refractivity contribution >= 4 is 28.6 Å². The normalized spacial score (nSPS) is 10.4. The molecule has 0 aliphatic rings. The summed E-state index contributed by atoms with van der Waals surface area (Å²) in [5.74, 6) is 0. The fourth-order valence-electron chi connectivity index (χ4n) is 2.06. The van der Waals surface area contributed by atoms with Crippen molar-refractivity contribution in [1.82, 2.24) is 10.6 Å². The second-order valence-electron chi connectivity index (χ2n) is 4.26. The van der Waals surface area contributed by atoms with E-state index in [1.54, 1.807) is 18.8 Å². The number of fused-ring (bicyclic) bond motifs is 1. The lowest BCUT2D eigenvalue weighted by Gasteiger charge is -2.09. The summed E-state index contributed by atoms with van der Waals surface area (Å²) in [6.45, 7) is 0.641. The number of carbonyl (C=O) groups is 1. The van der Waals surface area contributed by atoms with E-state index in [1.807, 2.05) is 0 Å². The topological polar surface area (TPSA) is 41.1 Å². The van der Waals surface area contributed by atoms with Gasteiger partial charge in [-0.25, -0.2) is 4.79 Å². The first-order chi connectivity index (χ1) is 9.24. The third-order valence-electron chi connectivity index (χ3n) is 3.09. The number of hydrogen-bond donors (Lipinski definition) is 2. The Morgan fingerprint density at radius 1 is 1.26 bits per heavy atom. The number of urea groups is 1. The van der Waals surface area contributed by atoms with E-state index in [2.05, 4.69) is 53.3 Å². The van der Waals surface area contributed by atoms with Crippen molar-refractivity contribution in [3.05, 3.63) is 42.0 Å². The zero-order valence-electron chi connectivity index (χ0n) is 11.2. The summed E-state index contributed by atoms with van der Waals surface area (Å²) in [6, 6.07) is 12.7. The Morgan fingerprint density at radius 2 is 2.11 bits per heavy atom. The molecule has 0 heterocycles. The van der Waals surface area contributed by atoms with Gasteiger partial charge in [-0.1, -0.05) is 24.3 Å². The standard InChI is InChI=1S/C15H18N2OS/c1-16-15(18)17-9-8-12-5-3-4-11-6-7-13(19-2)10-14(11)12/h3-7,10H,8-9H2,1-2H3,(H2,16,17,18). The Kier molecular flexibility index (Phi) is 4.68. The number of rotatable bonds is 4. The van der Waals surface area contributed by atoms with Gasteiger partial charge in [0.2, 0.25) is 0 Å². The van der Waals surface area contributed by atoms with Gasteiger partial charge in [0.25, 0.3) is 0 Å². The second-order valence-corrected chi connectivity index (χ2v) is 5.14. The molecule has 0 aromatic heterocycles. The van der Waals surface area contributed by atoms with Crippen LogP contribution in [0.5, 0.6) is 0 Å². The predicted molar refractivity (Wildman–Crippen MR) is 81.9 cm³/mol. The van der Waals surface area contributed by atoms with Crippen LogP contribution in [-0.4, -0.2) is 25.9 Å². The van der Waals surface area contributed by atoms with E-state index in [1.165, 1.54) is 21.2 Å². The monoisotopic (exact) mass is 274 g/mol. The van der Waals surface area contributed by atoms with Crippen LogP contribution in [0.3, 0.4) is 0 Å². The lowest BCUT2D eigenvalue weighted by Crippen LogP contribution is -2.34. The maximum atomic E-state index is 11.1. The van der Waals surface area contributed by atoms with Crippen molar-refractivity contribution in [3.8, 4) is 0 Å². The largest absolute Gasteiger partial charge is 0.341 e. The first-order valence-electron chi connectivity index (χ1n) is 6.26. The van der Waals surface area contributed by atoms with Gasteiger partial charge in [0, 0.05) is 18.5 Å². The summed E-state index contributed by atoms with van der Waals surface area (Å²) in [7, 11) is 1.62. The summed E-state index contributed by atoms with van der Waals surface area (Å²) in [6.07, 6.45) is 2.92. The molecule has 0 atom stereocenters. The molecule has 2 aromatic rings. The van der Waals surface area contributed by atoms with E-state index in [-0.39, 0.29) is 6.03 Å². The quantitative estimate of drug-likeness (QED) is 0.841. The van der Waals surface area contributed by atoms with E-state index < -0.39 is 0 Å². The molecule has 0 unspecified atom stereocenters. The molecule has 0 aliphatic heterocycles. The molecule has 4 heteroatoms. The third-order valence-corrected chi connectivity index (χ3v) is 3.81. The number of benzene rings is 2. The molecule has 0 bridgehead atoms. The number of hydrogen-bond acceptors (Lipinski definition) is 2. The van der Waals surface area contributed by atoms with Crippen LogP contribution in [0.4, 0.5) is 4.79 Å². The van der Waals surface area contributed by atoms with Gasteiger partial charge >= 0.3 is 6.03 Å². The number of carbonyl (C=O) groups excluding carboxylic acids is 1.